The Bertz CT molecular complexity index is 594. The van der Waals surface area contributed by atoms with E-state index in [1.54, 1.807) is 31.2 Å². The van der Waals surface area contributed by atoms with Crippen molar-refractivity contribution in [3.63, 3.8) is 0 Å². The van der Waals surface area contributed by atoms with E-state index in [1.165, 1.54) is 11.4 Å². The minimum absolute atomic E-state index is 0.250. The first kappa shape index (κ1) is 15.0. The Balaban J connectivity index is 2.11. The maximum atomic E-state index is 12.4. The third-order valence-electron chi connectivity index (χ3n) is 3.51. The molecule has 2 atom stereocenters. The Morgan fingerprint density at radius 2 is 1.95 bits per heavy atom. The fourth-order valence-corrected chi connectivity index (χ4v) is 3.54. The van der Waals surface area contributed by atoms with Crippen molar-refractivity contribution in [1.82, 2.24) is 4.31 Å². The van der Waals surface area contributed by atoms with Crippen LogP contribution in [-0.4, -0.2) is 38.4 Å². The number of benzene rings is 1. The van der Waals surface area contributed by atoms with Crippen LogP contribution in [0.3, 0.4) is 0 Å². The van der Waals surface area contributed by atoms with Gasteiger partial charge in [0.25, 0.3) is 0 Å². The Hall–Kier alpha value is -1.40. The molecular weight excluding hydrogens is 278 g/mol. The molecule has 1 aliphatic carbocycles. The Morgan fingerprint density at radius 3 is 2.50 bits per heavy atom. The lowest BCUT2D eigenvalue weighted by molar-refractivity contribution is -0.144. The number of esters is 1. The van der Waals surface area contributed by atoms with Crippen molar-refractivity contribution >= 4 is 16.0 Å². The summed E-state index contributed by atoms with van der Waals surface area (Å²) in [5, 5.41) is 0. The number of hydrogen-bond donors (Lipinski definition) is 0. The molecule has 1 fully saturated rings. The van der Waals surface area contributed by atoms with E-state index in [0.717, 1.165) is 5.56 Å². The van der Waals surface area contributed by atoms with Crippen molar-refractivity contribution in [2.75, 3.05) is 13.7 Å². The summed E-state index contributed by atoms with van der Waals surface area (Å²) in [5.74, 6) is -0.649. The molecule has 0 heterocycles. The van der Waals surface area contributed by atoms with Crippen LogP contribution in [0.1, 0.15) is 18.9 Å². The summed E-state index contributed by atoms with van der Waals surface area (Å²) in [4.78, 5) is 11.8. The van der Waals surface area contributed by atoms with Crippen molar-refractivity contribution in [2.45, 2.75) is 31.2 Å². The summed E-state index contributed by atoms with van der Waals surface area (Å²) < 4.78 is 31.0. The maximum Gasteiger partial charge on any atom is 0.310 e. The molecular formula is C14H19NO4S. The van der Waals surface area contributed by atoms with Crippen LogP contribution in [0.15, 0.2) is 29.2 Å². The largest absolute Gasteiger partial charge is 0.466 e. The highest BCUT2D eigenvalue weighted by Crippen LogP contribution is 2.38. The average molecular weight is 297 g/mol. The smallest absolute Gasteiger partial charge is 0.310 e. The van der Waals surface area contributed by atoms with E-state index in [-0.39, 0.29) is 22.8 Å². The van der Waals surface area contributed by atoms with E-state index in [4.69, 9.17) is 4.74 Å². The molecule has 5 nitrogen and oxygen atoms in total. The highest BCUT2D eigenvalue weighted by molar-refractivity contribution is 7.89. The molecule has 0 radical (unpaired) electrons. The summed E-state index contributed by atoms with van der Waals surface area (Å²) in [6.45, 7) is 3.95. The summed E-state index contributed by atoms with van der Waals surface area (Å²) in [6.07, 6.45) is 0.528. The van der Waals surface area contributed by atoms with Gasteiger partial charge in [-0.05, 0) is 32.4 Å². The SMILES string of the molecule is CCOC(=O)[C@@H]1C[C@H]1N(C)S(=O)(=O)c1ccc(C)cc1. The fraction of sp³-hybridized carbons (Fsp3) is 0.500. The Morgan fingerprint density at radius 1 is 1.35 bits per heavy atom. The molecule has 1 saturated carbocycles. The highest BCUT2D eigenvalue weighted by Gasteiger charge is 2.50. The molecule has 0 unspecified atom stereocenters. The molecule has 110 valence electrons. The van der Waals surface area contributed by atoms with Gasteiger partial charge in [-0.25, -0.2) is 8.42 Å². The number of aryl methyl sites for hydroxylation is 1. The maximum absolute atomic E-state index is 12.4. The van der Waals surface area contributed by atoms with Gasteiger partial charge < -0.3 is 4.74 Å². The van der Waals surface area contributed by atoms with Gasteiger partial charge >= 0.3 is 5.97 Å². The van der Waals surface area contributed by atoms with Gasteiger partial charge in [0.1, 0.15) is 0 Å². The van der Waals surface area contributed by atoms with E-state index in [2.05, 4.69) is 0 Å². The molecule has 6 heteroatoms. The zero-order valence-electron chi connectivity index (χ0n) is 11.9. The number of sulfonamides is 1. The van der Waals surface area contributed by atoms with Gasteiger partial charge in [-0.1, -0.05) is 17.7 Å². The van der Waals surface area contributed by atoms with Gasteiger partial charge in [0.2, 0.25) is 10.0 Å². The number of carbonyl (C=O) groups is 1. The quantitative estimate of drug-likeness (QED) is 0.774. The number of rotatable bonds is 5. The van der Waals surface area contributed by atoms with Gasteiger partial charge in [-0.3, -0.25) is 4.79 Å². The highest BCUT2D eigenvalue weighted by atomic mass is 32.2. The lowest BCUT2D eigenvalue weighted by atomic mass is 10.2. The van der Waals surface area contributed by atoms with Crippen molar-refractivity contribution in [3.8, 4) is 0 Å². The molecule has 0 N–H and O–H groups in total. The lowest BCUT2D eigenvalue weighted by Gasteiger charge is -2.17. The summed E-state index contributed by atoms with van der Waals surface area (Å²) in [5.41, 5.74) is 1.00. The Labute approximate surface area is 119 Å². The summed E-state index contributed by atoms with van der Waals surface area (Å²) in [6, 6.07) is 6.40. The lowest BCUT2D eigenvalue weighted by Crippen LogP contribution is -2.31. The second kappa shape index (κ2) is 5.54. The third-order valence-corrected chi connectivity index (χ3v) is 5.41. The zero-order chi connectivity index (χ0) is 14.9. The van der Waals surface area contributed by atoms with Gasteiger partial charge in [0.05, 0.1) is 17.4 Å². The number of nitrogens with zero attached hydrogens (tertiary/aromatic N) is 1. The number of ether oxygens (including phenoxy) is 1. The molecule has 0 aromatic heterocycles. The van der Waals surface area contributed by atoms with Crippen molar-refractivity contribution < 1.29 is 17.9 Å². The predicted octanol–water partition coefficient (Wildman–Crippen LogP) is 1.57. The second-order valence-electron chi connectivity index (χ2n) is 5.00. The molecule has 0 aliphatic heterocycles. The first-order valence-corrected chi connectivity index (χ1v) is 8.03. The number of hydrogen-bond acceptors (Lipinski definition) is 4. The van der Waals surface area contributed by atoms with Gasteiger partial charge in [0, 0.05) is 13.1 Å². The summed E-state index contributed by atoms with van der Waals surface area (Å²) in [7, 11) is -2.04. The molecule has 0 amide bonds. The molecule has 0 saturated heterocycles. The Kier molecular flexibility index (Phi) is 4.15. The van der Waals surface area contributed by atoms with Crippen LogP contribution in [-0.2, 0) is 19.6 Å². The minimum Gasteiger partial charge on any atom is -0.466 e. The fourth-order valence-electron chi connectivity index (χ4n) is 2.14. The minimum atomic E-state index is -3.55. The van der Waals surface area contributed by atoms with Crippen LogP contribution in [0, 0.1) is 12.8 Å². The molecule has 1 aromatic rings. The molecule has 0 spiro atoms. The van der Waals surface area contributed by atoms with Crippen LogP contribution >= 0.6 is 0 Å². The van der Waals surface area contributed by atoms with E-state index in [9.17, 15) is 13.2 Å². The molecule has 0 bridgehead atoms. The molecule has 2 rings (SSSR count). The van der Waals surface area contributed by atoms with Gasteiger partial charge in [0.15, 0.2) is 0 Å². The molecule has 1 aromatic carbocycles. The van der Waals surface area contributed by atoms with Crippen LogP contribution < -0.4 is 0 Å². The monoisotopic (exact) mass is 297 g/mol. The first-order valence-electron chi connectivity index (χ1n) is 6.59. The van der Waals surface area contributed by atoms with Crippen LogP contribution in [0.25, 0.3) is 0 Å². The van der Waals surface area contributed by atoms with Crippen molar-refractivity contribution in [3.05, 3.63) is 29.8 Å². The molecule has 1 aliphatic rings. The standard InChI is InChI=1S/C14H19NO4S/c1-4-19-14(16)12-9-13(12)15(3)20(17,18)11-7-5-10(2)6-8-11/h5-8,12-13H,4,9H2,1-3H3/t12-,13-/m1/s1. The van der Waals surface area contributed by atoms with Crippen LogP contribution in [0.4, 0.5) is 0 Å². The topological polar surface area (TPSA) is 63.7 Å². The second-order valence-corrected chi connectivity index (χ2v) is 6.99. The zero-order valence-corrected chi connectivity index (χ0v) is 12.7. The average Bonchev–Trinajstić information content (AvgIpc) is 3.19. The third kappa shape index (κ3) is 2.86. The van der Waals surface area contributed by atoms with Gasteiger partial charge in [-0.2, -0.15) is 4.31 Å². The normalized spacial score (nSPS) is 21.8. The van der Waals surface area contributed by atoms with Gasteiger partial charge in [-0.15, -0.1) is 0 Å². The van der Waals surface area contributed by atoms with E-state index in [0.29, 0.717) is 13.0 Å². The van der Waals surface area contributed by atoms with E-state index < -0.39 is 10.0 Å². The number of carbonyl (C=O) groups excluding carboxylic acids is 1. The first-order chi connectivity index (χ1) is 9.37. The van der Waals surface area contributed by atoms with Crippen LogP contribution in [0.5, 0.6) is 0 Å². The summed E-state index contributed by atoms with van der Waals surface area (Å²) >= 11 is 0. The van der Waals surface area contributed by atoms with Crippen molar-refractivity contribution in [1.29, 1.82) is 0 Å². The predicted molar refractivity (Wildman–Crippen MR) is 74.7 cm³/mol. The van der Waals surface area contributed by atoms with Crippen LogP contribution in [0.2, 0.25) is 0 Å². The van der Waals surface area contributed by atoms with Crippen molar-refractivity contribution in [2.24, 2.45) is 5.92 Å². The van der Waals surface area contributed by atoms with E-state index >= 15 is 0 Å². The molecule has 20 heavy (non-hydrogen) atoms. The van der Waals surface area contributed by atoms with E-state index in [1.807, 2.05) is 6.92 Å².